The van der Waals surface area contributed by atoms with Crippen molar-refractivity contribution >= 4 is 23.7 Å². The number of rotatable bonds is 6. The Bertz CT molecular complexity index is 794. The minimum atomic E-state index is -1.09. The van der Waals surface area contributed by atoms with Crippen LogP contribution >= 0.6 is 0 Å². The molecule has 1 N–H and O–H groups in total. The highest BCUT2D eigenvalue weighted by Gasteiger charge is 2.50. The summed E-state index contributed by atoms with van der Waals surface area (Å²) in [7, 11) is 0. The fourth-order valence-corrected chi connectivity index (χ4v) is 3.42. The quantitative estimate of drug-likeness (QED) is 0.451. The van der Waals surface area contributed by atoms with Crippen molar-refractivity contribution in [3.05, 3.63) is 47.8 Å². The van der Waals surface area contributed by atoms with E-state index in [0.717, 1.165) is 4.90 Å². The van der Waals surface area contributed by atoms with Crippen molar-refractivity contribution in [1.82, 2.24) is 10.2 Å². The summed E-state index contributed by atoms with van der Waals surface area (Å²) < 4.78 is 17.8. The number of esters is 1. The number of fused-ring (bicyclic) bond motifs is 1. The first-order valence-corrected chi connectivity index (χ1v) is 9.08. The summed E-state index contributed by atoms with van der Waals surface area (Å²) in [6.45, 7) is 1.04. The van der Waals surface area contributed by atoms with Gasteiger partial charge >= 0.3 is 5.97 Å². The Kier molecular flexibility index (Phi) is 5.87. The Morgan fingerprint density at radius 2 is 1.71 bits per heavy atom. The van der Waals surface area contributed by atoms with Gasteiger partial charge in [-0.2, -0.15) is 0 Å². The van der Waals surface area contributed by atoms with Gasteiger partial charge in [-0.05, 0) is 37.5 Å². The van der Waals surface area contributed by atoms with E-state index in [0.29, 0.717) is 18.4 Å². The number of hydrogen-bond donors (Lipinski definition) is 1. The number of allylic oxidation sites excluding steroid dienone is 2. The Balaban J connectivity index is 1.49. The van der Waals surface area contributed by atoms with Crippen molar-refractivity contribution in [3.8, 4) is 0 Å². The molecular formula is C20H21FN2O5. The second kappa shape index (κ2) is 8.33. The third-order valence-electron chi connectivity index (χ3n) is 5.02. The van der Waals surface area contributed by atoms with Gasteiger partial charge in [0.1, 0.15) is 11.9 Å². The molecule has 148 valence electrons. The molecule has 1 aliphatic carbocycles. The predicted octanol–water partition coefficient (Wildman–Crippen LogP) is 1.32. The van der Waals surface area contributed by atoms with Gasteiger partial charge < -0.3 is 10.1 Å². The van der Waals surface area contributed by atoms with Gasteiger partial charge in [-0.3, -0.25) is 19.3 Å². The number of likely N-dealkylation sites (tertiary alicyclic amines) is 1. The van der Waals surface area contributed by atoms with Crippen LogP contribution < -0.4 is 5.32 Å². The molecule has 0 spiro atoms. The fourth-order valence-electron chi connectivity index (χ4n) is 3.42. The SMILES string of the molecule is CC(C(=O)OCC(=O)NCc1ccc(F)cc1)N1C(=O)C2CC=CCC2C1=O. The maximum absolute atomic E-state index is 12.9. The number of carbonyl (C=O) groups is 4. The Labute approximate surface area is 161 Å². The van der Waals surface area contributed by atoms with Gasteiger partial charge in [0.05, 0.1) is 11.8 Å². The standard InChI is InChI=1S/C20H21FN2O5/c1-12(23-18(25)15-4-2-3-5-16(15)19(23)26)20(27)28-11-17(24)22-10-13-6-8-14(21)9-7-13/h2-3,6-9,12,15-16H,4-5,10-11H2,1H3,(H,22,24). The summed E-state index contributed by atoms with van der Waals surface area (Å²) in [6.07, 6.45) is 4.70. The highest BCUT2D eigenvalue weighted by molar-refractivity contribution is 6.08. The Hall–Kier alpha value is -3.03. The molecule has 0 radical (unpaired) electrons. The van der Waals surface area contributed by atoms with E-state index >= 15 is 0 Å². The minimum absolute atomic E-state index is 0.158. The van der Waals surface area contributed by atoms with Gasteiger partial charge in [-0.1, -0.05) is 24.3 Å². The number of carbonyl (C=O) groups excluding carboxylic acids is 4. The smallest absolute Gasteiger partial charge is 0.329 e. The average Bonchev–Trinajstić information content (AvgIpc) is 2.96. The molecule has 0 saturated carbocycles. The van der Waals surface area contributed by atoms with E-state index < -0.39 is 36.4 Å². The lowest BCUT2D eigenvalue weighted by Gasteiger charge is -2.21. The van der Waals surface area contributed by atoms with Gasteiger partial charge in [-0.25, -0.2) is 9.18 Å². The van der Waals surface area contributed by atoms with Crippen LogP contribution in [0.15, 0.2) is 36.4 Å². The molecular weight excluding hydrogens is 367 g/mol. The zero-order valence-corrected chi connectivity index (χ0v) is 15.4. The molecule has 3 atom stereocenters. The van der Waals surface area contributed by atoms with Crippen LogP contribution in [0.25, 0.3) is 0 Å². The summed E-state index contributed by atoms with van der Waals surface area (Å²) >= 11 is 0. The van der Waals surface area contributed by atoms with Crippen LogP contribution in [-0.4, -0.2) is 41.2 Å². The van der Waals surface area contributed by atoms with Gasteiger partial charge in [0.2, 0.25) is 11.8 Å². The Morgan fingerprint density at radius 1 is 1.14 bits per heavy atom. The lowest BCUT2D eigenvalue weighted by atomic mass is 9.85. The fraction of sp³-hybridized carbons (Fsp3) is 0.400. The number of nitrogens with zero attached hydrogens (tertiary/aromatic N) is 1. The maximum Gasteiger partial charge on any atom is 0.329 e. The van der Waals surface area contributed by atoms with Gasteiger partial charge in [-0.15, -0.1) is 0 Å². The number of benzene rings is 1. The predicted molar refractivity (Wildman–Crippen MR) is 95.9 cm³/mol. The Morgan fingerprint density at radius 3 is 2.29 bits per heavy atom. The molecule has 2 aliphatic rings. The second-order valence-electron chi connectivity index (χ2n) is 6.89. The lowest BCUT2D eigenvalue weighted by Crippen LogP contribution is -2.45. The number of ether oxygens (including phenoxy) is 1. The van der Waals surface area contributed by atoms with E-state index in [2.05, 4.69) is 5.32 Å². The highest BCUT2D eigenvalue weighted by atomic mass is 19.1. The summed E-state index contributed by atoms with van der Waals surface area (Å²) in [6, 6.07) is 4.53. The van der Waals surface area contributed by atoms with Crippen molar-refractivity contribution in [2.45, 2.75) is 32.4 Å². The molecule has 3 amide bonds. The second-order valence-corrected chi connectivity index (χ2v) is 6.89. The largest absolute Gasteiger partial charge is 0.454 e. The molecule has 1 heterocycles. The molecule has 0 bridgehead atoms. The number of amides is 3. The first-order chi connectivity index (χ1) is 13.4. The van der Waals surface area contributed by atoms with Gasteiger partial charge in [0, 0.05) is 6.54 Å². The highest BCUT2D eigenvalue weighted by Crippen LogP contribution is 2.36. The van der Waals surface area contributed by atoms with Crippen molar-refractivity contribution in [2.24, 2.45) is 11.8 Å². The summed E-state index contributed by atoms with van der Waals surface area (Å²) in [5, 5.41) is 2.55. The first-order valence-electron chi connectivity index (χ1n) is 9.08. The molecule has 1 aromatic carbocycles. The number of hydrogen-bond acceptors (Lipinski definition) is 5. The lowest BCUT2D eigenvalue weighted by molar-refractivity contribution is -0.159. The molecule has 3 unspecified atom stereocenters. The van der Waals surface area contributed by atoms with Crippen LogP contribution in [0.2, 0.25) is 0 Å². The van der Waals surface area contributed by atoms with Crippen LogP contribution in [0.5, 0.6) is 0 Å². The third-order valence-corrected chi connectivity index (χ3v) is 5.02. The van der Waals surface area contributed by atoms with E-state index in [9.17, 15) is 23.6 Å². The van der Waals surface area contributed by atoms with Crippen molar-refractivity contribution in [3.63, 3.8) is 0 Å². The summed E-state index contributed by atoms with van der Waals surface area (Å²) in [4.78, 5) is 50.0. The number of nitrogens with one attached hydrogen (secondary N) is 1. The minimum Gasteiger partial charge on any atom is -0.454 e. The zero-order valence-electron chi connectivity index (χ0n) is 15.4. The number of imide groups is 1. The van der Waals surface area contributed by atoms with E-state index in [4.69, 9.17) is 4.74 Å². The van der Waals surface area contributed by atoms with Crippen LogP contribution in [-0.2, 0) is 30.5 Å². The molecule has 0 aromatic heterocycles. The molecule has 1 aromatic rings. The molecule has 1 saturated heterocycles. The molecule has 1 aliphatic heterocycles. The van der Waals surface area contributed by atoms with Crippen LogP contribution in [0.4, 0.5) is 4.39 Å². The molecule has 8 heteroatoms. The topological polar surface area (TPSA) is 92.8 Å². The van der Waals surface area contributed by atoms with Crippen molar-refractivity contribution in [2.75, 3.05) is 6.61 Å². The van der Waals surface area contributed by atoms with Crippen molar-refractivity contribution in [1.29, 1.82) is 0 Å². The normalized spacial score (nSPS) is 22.0. The van der Waals surface area contributed by atoms with E-state index in [1.54, 1.807) is 0 Å². The van der Waals surface area contributed by atoms with Crippen LogP contribution in [0.3, 0.4) is 0 Å². The monoisotopic (exact) mass is 388 g/mol. The molecule has 3 rings (SSSR count). The summed E-state index contributed by atoms with van der Waals surface area (Å²) in [5.41, 5.74) is 0.693. The van der Waals surface area contributed by atoms with Crippen LogP contribution in [0, 0.1) is 17.7 Å². The molecule has 28 heavy (non-hydrogen) atoms. The molecule has 7 nitrogen and oxygen atoms in total. The van der Waals surface area contributed by atoms with Gasteiger partial charge in [0.25, 0.3) is 5.91 Å². The third kappa shape index (κ3) is 4.11. The van der Waals surface area contributed by atoms with E-state index in [1.165, 1.54) is 31.2 Å². The number of halogens is 1. The van der Waals surface area contributed by atoms with Gasteiger partial charge in [0.15, 0.2) is 6.61 Å². The zero-order chi connectivity index (χ0) is 20.3. The van der Waals surface area contributed by atoms with Crippen LogP contribution in [0.1, 0.15) is 25.3 Å². The van der Waals surface area contributed by atoms with E-state index in [1.807, 2.05) is 12.2 Å². The first kappa shape index (κ1) is 19.7. The maximum atomic E-state index is 12.9. The van der Waals surface area contributed by atoms with E-state index in [-0.39, 0.29) is 24.2 Å². The summed E-state index contributed by atoms with van der Waals surface area (Å²) in [5.74, 6) is -3.32. The average molecular weight is 388 g/mol. The molecule has 1 fully saturated rings. The van der Waals surface area contributed by atoms with Crippen molar-refractivity contribution < 1.29 is 28.3 Å².